The number of carbonyl (C=O) groups excluding carboxylic acids is 1. The fourth-order valence-electron chi connectivity index (χ4n) is 1.10. The fourth-order valence-corrected chi connectivity index (χ4v) is 1.10. The van der Waals surface area contributed by atoms with Crippen LogP contribution in [0.3, 0.4) is 0 Å². The molecule has 0 saturated heterocycles. The number of Topliss-reactive ketones (excluding diaryl/α,β-unsaturated/α-hetero) is 1. The van der Waals surface area contributed by atoms with Crippen LogP contribution in [-0.2, 0) is 4.79 Å². The van der Waals surface area contributed by atoms with Gasteiger partial charge in [0, 0.05) is 12.0 Å². The van der Waals surface area contributed by atoms with E-state index in [0.717, 1.165) is 5.46 Å². The lowest BCUT2D eigenvalue weighted by Gasteiger charge is -1.99. The van der Waals surface area contributed by atoms with E-state index in [4.69, 9.17) is 5.11 Å². The van der Waals surface area contributed by atoms with E-state index in [1.54, 1.807) is 12.1 Å². The number of carbonyl (C=O) groups is 2. The van der Waals surface area contributed by atoms with Crippen LogP contribution in [0.25, 0.3) is 0 Å². The third-order valence-corrected chi connectivity index (χ3v) is 1.94. The number of rotatable bonds is 4. The molecule has 0 aliphatic carbocycles. The SMILES string of the molecule is Bc1ccc(C(=O)CCC(=O)O)cc1. The first kappa shape index (κ1) is 10.5. The van der Waals surface area contributed by atoms with Crippen LogP contribution in [0.5, 0.6) is 0 Å². The molecular formula is C10H11BO3. The highest BCUT2D eigenvalue weighted by molar-refractivity contribution is 6.32. The number of hydrogen-bond donors (Lipinski definition) is 1. The van der Waals surface area contributed by atoms with E-state index in [9.17, 15) is 9.59 Å². The monoisotopic (exact) mass is 190 g/mol. The molecule has 0 amide bonds. The van der Waals surface area contributed by atoms with Crippen molar-refractivity contribution in [1.82, 2.24) is 0 Å². The van der Waals surface area contributed by atoms with Gasteiger partial charge in [-0.1, -0.05) is 29.7 Å². The summed E-state index contributed by atoms with van der Waals surface area (Å²) in [5.74, 6) is -1.06. The summed E-state index contributed by atoms with van der Waals surface area (Å²) in [4.78, 5) is 21.6. The molecule has 0 fully saturated rings. The van der Waals surface area contributed by atoms with Gasteiger partial charge in [-0.2, -0.15) is 0 Å². The molecule has 0 spiro atoms. The maximum atomic E-state index is 11.4. The maximum absolute atomic E-state index is 11.4. The van der Waals surface area contributed by atoms with Crippen molar-refractivity contribution in [1.29, 1.82) is 0 Å². The topological polar surface area (TPSA) is 54.4 Å². The van der Waals surface area contributed by atoms with E-state index in [1.807, 2.05) is 20.0 Å². The summed E-state index contributed by atoms with van der Waals surface area (Å²) in [5.41, 5.74) is 1.66. The number of ketones is 1. The Labute approximate surface area is 83.2 Å². The van der Waals surface area contributed by atoms with Crippen molar-refractivity contribution in [2.75, 3.05) is 0 Å². The number of carboxylic acids is 1. The third kappa shape index (κ3) is 3.05. The Kier molecular flexibility index (Phi) is 3.45. The Hall–Kier alpha value is -1.58. The summed E-state index contributed by atoms with van der Waals surface area (Å²) < 4.78 is 0. The molecule has 0 unspecified atom stereocenters. The van der Waals surface area contributed by atoms with Crippen LogP contribution < -0.4 is 5.46 Å². The molecule has 0 aromatic heterocycles. The van der Waals surface area contributed by atoms with E-state index in [1.165, 1.54) is 0 Å². The smallest absolute Gasteiger partial charge is 0.303 e. The molecule has 1 aromatic rings. The van der Waals surface area contributed by atoms with Crippen molar-refractivity contribution >= 4 is 25.1 Å². The van der Waals surface area contributed by atoms with Crippen molar-refractivity contribution in [3.8, 4) is 0 Å². The van der Waals surface area contributed by atoms with E-state index in [0.29, 0.717) is 5.56 Å². The van der Waals surface area contributed by atoms with E-state index < -0.39 is 5.97 Å². The van der Waals surface area contributed by atoms with Crippen molar-refractivity contribution in [3.05, 3.63) is 29.8 Å². The number of carboxylic acid groups (broad SMARTS) is 1. The molecule has 1 aromatic carbocycles. The van der Waals surface area contributed by atoms with Crippen LogP contribution in [0.1, 0.15) is 23.2 Å². The Bertz CT molecular complexity index is 343. The summed E-state index contributed by atoms with van der Waals surface area (Å²) in [5, 5.41) is 8.40. The fraction of sp³-hybridized carbons (Fsp3) is 0.200. The second-order valence-electron chi connectivity index (χ2n) is 3.18. The zero-order valence-electron chi connectivity index (χ0n) is 7.99. The van der Waals surface area contributed by atoms with Crippen LogP contribution in [0, 0.1) is 0 Å². The minimum Gasteiger partial charge on any atom is -0.481 e. The molecule has 0 aliphatic rings. The number of hydrogen-bond acceptors (Lipinski definition) is 2. The Balaban J connectivity index is 2.61. The standard InChI is InChI=1S/C10H11BO3/c11-8-3-1-7(2-4-8)9(12)5-6-10(13)14/h1-4H,5-6,11H2,(H,13,14). The first-order valence-electron chi connectivity index (χ1n) is 4.41. The summed E-state index contributed by atoms with van der Waals surface area (Å²) in [6, 6.07) is 7.13. The lowest BCUT2D eigenvalue weighted by Crippen LogP contribution is -2.06. The largest absolute Gasteiger partial charge is 0.481 e. The zero-order valence-corrected chi connectivity index (χ0v) is 7.99. The molecule has 0 bridgehead atoms. The van der Waals surface area contributed by atoms with Gasteiger partial charge >= 0.3 is 5.97 Å². The van der Waals surface area contributed by atoms with Crippen LogP contribution in [-0.4, -0.2) is 24.7 Å². The molecule has 0 atom stereocenters. The van der Waals surface area contributed by atoms with Gasteiger partial charge in [0.05, 0.1) is 6.42 Å². The summed E-state index contributed by atoms with van der Waals surface area (Å²) in [6.45, 7) is 0. The predicted molar refractivity (Wildman–Crippen MR) is 55.8 cm³/mol. The van der Waals surface area contributed by atoms with Crippen molar-refractivity contribution < 1.29 is 14.7 Å². The van der Waals surface area contributed by atoms with Crippen LogP contribution in [0.15, 0.2) is 24.3 Å². The van der Waals surface area contributed by atoms with Gasteiger partial charge in [-0.15, -0.1) is 0 Å². The van der Waals surface area contributed by atoms with E-state index >= 15 is 0 Å². The van der Waals surface area contributed by atoms with Crippen molar-refractivity contribution in [2.24, 2.45) is 0 Å². The van der Waals surface area contributed by atoms with Gasteiger partial charge in [0.1, 0.15) is 7.85 Å². The van der Waals surface area contributed by atoms with Gasteiger partial charge < -0.3 is 5.11 Å². The molecule has 14 heavy (non-hydrogen) atoms. The van der Waals surface area contributed by atoms with Crippen LogP contribution >= 0.6 is 0 Å². The molecular weight excluding hydrogens is 179 g/mol. The molecule has 0 heterocycles. The van der Waals surface area contributed by atoms with Gasteiger partial charge in [0.15, 0.2) is 5.78 Å². The second-order valence-corrected chi connectivity index (χ2v) is 3.18. The molecule has 4 heteroatoms. The molecule has 72 valence electrons. The molecule has 0 radical (unpaired) electrons. The molecule has 1 N–H and O–H groups in total. The minimum absolute atomic E-state index is 0.0679. The number of aliphatic carboxylic acids is 1. The first-order chi connectivity index (χ1) is 6.59. The predicted octanol–water partition coefficient (Wildman–Crippen LogP) is -0.00750. The zero-order chi connectivity index (χ0) is 10.6. The van der Waals surface area contributed by atoms with Crippen LogP contribution in [0.2, 0.25) is 0 Å². The van der Waals surface area contributed by atoms with Crippen LogP contribution in [0.4, 0.5) is 0 Å². The average molecular weight is 190 g/mol. The Morgan fingerprint density at radius 3 is 2.21 bits per heavy atom. The van der Waals surface area contributed by atoms with Crippen molar-refractivity contribution in [3.63, 3.8) is 0 Å². The van der Waals surface area contributed by atoms with Crippen molar-refractivity contribution in [2.45, 2.75) is 12.8 Å². The molecule has 0 aliphatic heterocycles. The van der Waals surface area contributed by atoms with Gasteiger partial charge in [-0.3, -0.25) is 9.59 Å². The van der Waals surface area contributed by atoms with E-state index in [-0.39, 0.29) is 18.6 Å². The summed E-state index contributed by atoms with van der Waals surface area (Å²) >= 11 is 0. The quantitative estimate of drug-likeness (QED) is 0.536. The lowest BCUT2D eigenvalue weighted by molar-refractivity contribution is -0.136. The average Bonchev–Trinajstić information content (AvgIpc) is 2.15. The Morgan fingerprint density at radius 1 is 1.14 bits per heavy atom. The highest BCUT2D eigenvalue weighted by Crippen LogP contribution is 2.03. The lowest BCUT2D eigenvalue weighted by atomic mass is 9.94. The van der Waals surface area contributed by atoms with Gasteiger partial charge in [-0.05, 0) is 0 Å². The second kappa shape index (κ2) is 4.60. The van der Waals surface area contributed by atoms with E-state index in [2.05, 4.69) is 0 Å². The van der Waals surface area contributed by atoms with Gasteiger partial charge in [0.2, 0.25) is 0 Å². The Morgan fingerprint density at radius 2 is 1.71 bits per heavy atom. The summed E-state index contributed by atoms with van der Waals surface area (Å²) in [6.07, 6.45) is -0.0366. The third-order valence-electron chi connectivity index (χ3n) is 1.94. The highest BCUT2D eigenvalue weighted by Gasteiger charge is 2.07. The number of benzene rings is 1. The molecule has 1 rings (SSSR count). The van der Waals surface area contributed by atoms with Gasteiger partial charge in [-0.25, -0.2) is 0 Å². The first-order valence-corrected chi connectivity index (χ1v) is 4.41. The normalized spacial score (nSPS) is 9.71. The molecule has 0 saturated carbocycles. The van der Waals surface area contributed by atoms with Gasteiger partial charge in [0.25, 0.3) is 0 Å². The molecule has 3 nitrogen and oxygen atoms in total. The maximum Gasteiger partial charge on any atom is 0.303 e. The summed E-state index contributed by atoms with van der Waals surface area (Å²) in [7, 11) is 1.94. The highest BCUT2D eigenvalue weighted by atomic mass is 16.4. The minimum atomic E-state index is -0.939.